The molecule has 0 aromatic heterocycles. The molecule has 6 nitrogen and oxygen atoms in total. The maximum Gasteiger partial charge on any atom is 0.214 e. The molecule has 1 N–H and O–H groups in total. The van der Waals surface area contributed by atoms with E-state index in [2.05, 4.69) is 34.3 Å². The highest BCUT2D eigenvalue weighted by molar-refractivity contribution is 5.76. The van der Waals surface area contributed by atoms with Crippen molar-refractivity contribution in [2.45, 2.75) is 6.04 Å². The van der Waals surface area contributed by atoms with Crippen LogP contribution in [-0.4, -0.2) is 76.9 Å². The van der Waals surface area contributed by atoms with Gasteiger partial charge in [-0.3, -0.25) is 9.69 Å². The van der Waals surface area contributed by atoms with Crippen molar-refractivity contribution in [3.8, 4) is 0 Å². The van der Waals surface area contributed by atoms with Crippen molar-refractivity contribution in [3.05, 3.63) is 24.3 Å². The van der Waals surface area contributed by atoms with Gasteiger partial charge >= 0.3 is 0 Å². The topological polar surface area (TPSA) is 48.0 Å². The van der Waals surface area contributed by atoms with Crippen LogP contribution < -0.4 is 15.1 Å². The Morgan fingerprint density at radius 2 is 2.00 bits per heavy atom. The van der Waals surface area contributed by atoms with Gasteiger partial charge in [0.1, 0.15) is 0 Å². The Balaban J connectivity index is 1.65. The highest BCUT2D eigenvalue weighted by Crippen LogP contribution is 2.21. The molecule has 0 radical (unpaired) electrons. The molecule has 3 rings (SSSR count). The minimum atomic E-state index is 0.355. The third kappa shape index (κ3) is 4.02. The van der Waals surface area contributed by atoms with E-state index in [1.807, 2.05) is 12.1 Å². The molecule has 1 amide bonds. The van der Waals surface area contributed by atoms with E-state index in [-0.39, 0.29) is 0 Å². The molecule has 2 aliphatic heterocycles. The lowest BCUT2D eigenvalue weighted by Gasteiger charge is -2.35. The van der Waals surface area contributed by atoms with Crippen LogP contribution in [0.25, 0.3) is 0 Å². The number of anilines is 2. The fourth-order valence-electron chi connectivity index (χ4n) is 3.18. The van der Waals surface area contributed by atoms with Crippen LogP contribution in [0.2, 0.25) is 0 Å². The molecule has 6 heteroatoms. The predicted molar refractivity (Wildman–Crippen MR) is 92.2 cm³/mol. The van der Waals surface area contributed by atoms with Gasteiger partial charge in [-0.2, -0.15) is 0 Å². The van der Waals surface area contributed by atoms with Crippen LogP contribution in [-0.2, 0) is 9.53 Å². The van der Waals surface area contributed by atoms with Crippen molar-refractivity contribution in [2.24, 2.45) is 0 Å². The zero-order valence-electron chi connectivity index (χ0n) is 13.8. The van der Waals surface area contributed by atoms with Gasteiger partial charge < -0.3 is 19.9 Å². The quantitative estimate of drug-likeness (QED) is 0.796. The molecule has 23 heavy (non-hydrogen) atoms. The van der Waals surface area contributed by atoms with E-state index in [0.29, 0.717) is 12.6 Å². The number of rotatable bonds is 5. The number of morpholine rings is 1. The van der Waals surface area contributed by atoms with Gasteiger partial charge in [0.15, 0.2) is 0 Å². The Morgan fingerprint density at radius 3 is 2.65 bits per heavy atom. The Morgan fingerprint density at radius 1 is 1.26 bits per heavy atom. The maximum atomic E-state index is 11.5. The van der Waals surface area contributed by atoms with Gasteiger partial charge in [-0.25, -0.2) is 0 Å². The summed E-state index contributed by atoms with van der Waals surface area (Å²) >= 11 is 0. The van der Waals surface area contributed by atoms with E-state index in [1.165, 1.54) is 5.69 Å². The fourth-order valence-corrected chi connectivity index (χ4v) is 3.18. The standard InChI is InChI=1S/C17H26N4O2/c1-19-7-6-18-12-17(19)13-21(14-22)16-4-2-15(3-5-16)20-8-10-23-11-9-20/h2-5,14,17-18H,6-13H2,1H3. The average molecular weight is 318 g/mol. The highest BCUT2D eigenvalue weighted by atomic mass is 16.5. The van der Waals surface area contributed by atoms with Gasteiger partial charge in [0, 0.05) is 56.7 Å². The van der Waals surface area contributed by atoms with Gasteiger partial charge in [-0.1, -0.05) is 0 Å². The van der Waals surface area contributed by atoms with E-state index in [9.17, 15) is 4.79 Å². The van der Waals surface area contributed by atoms with E-state index in [0.717, 1.165) is 58.0 Å². The Bertz CT molecular complexity index is 502. The van der Waals surface area contributed by atoms with Crippen LogP contribution >= 0.6 is 0 Å². The Kier molecular flexibility index (Phi) is 5.48. The molecular weight excluding hydrogens is 292 g/mol. The SMILES string of the molecule is CN1CCNCC1CN(C=O)c1ccc(N2CCOCC2)cc1. The van der Waals surface area contributed by atoms with Gasteiger partial charge in [0.25, 0.3) is 0 Å². The molecule has 1 aromatic rings. The number of piperazine rings is 1. The number of nitrogens with one attached hydrogen (secondary N) is 1. The van der Waals surface area contributed by atoms with Gasteiger partial charge in [0.2, 0.25) is 6.41 Å². The van der Waals surface area contributed by atoms with Crippen molar-refractivity contribution in [3.63, 3.8) is 0 Å². The fraction of sp³-hybridized carbons (Fsp3) is 0.588. The number of carbonyl (C=O) groups is 1. The number of carbonyl (C=O) groups excluding carboxylic acids is 1. The first-order chi connectivity index (χ1) is 11.3. The highest BCUT2D eigenvalue weighted by Gasteiger charge is 2.21. The number of benzene rings is 1. The molecule has 2 saturated heterocycles. The summed E-state index contributed by atoms with van der Waals surface area (Å²) in [5.41, 5.74) is 2.15. The molecule has 0 aliphatic carbocycles. The van der Waals surface area contributed by atoms with Crippen molar-refractivity contribution in [1.82, 2.24) is 10.2 Å². The number of hydrogen-bond acceptors (Lipinski definition) is 5. The molecule has 2 heterocycles. The molecule has 0 spiro atoms. The molecule has 1 aromatic carbocycles. The number of hydrogen-bond donors (Lipinski definition) is 1. The summed E-state index contributed by atoms with van der Waals surface area (Å²) in [4.78, 5) is 18.0. The maximum absolute atomic E-state index is 11.5. The van der Waals surface area contributed by atoms with E-state index >= 15 is 0 Å². The molecule has 2 fully saturated rings. The lowest BCUT2D eigenvalue weighted by Crippen LogP contribution is -2.54. The second-order valence-corrected chi connectivity index (χ2v) is 6.21. The summed E-state index contributed by atoms with van der Waals surface area (Å²) in [6.45, 7) is 7.09. The summed E-state index contributed by atoms with van der Waals surface area (Å²) in [6.07, 6.45) is 0.937. The lowest BCUT2D eigenvalue weighted by molar-refractivity contribution is -0.107. The summed E-state index contributed by atoms with van der Waals surface area (Å²) < 4.78 is 5.39. The van der Waals surface area contributed by atoms with Crippen LogP contribution in [0, 0.1) is 0 Å². The number of likely N-dealkylation sites (N-methyl/N-ethyl adjacent to an activating group) is 1. The van der Waals surface area contributed by atoms with E-state index in [4.69, 9.17) is 4.74 Å². The van der Waals surface area contributed by atoms with Crippen LogP contribution in [0.4, 0.5) is 11.4 Å². The van der Waals surface area contributed by atoms with Crippen molar-refractivity contribution in [1.29, 1.82) is 0 Å². The molecule has 126 valence electrons. The number of amides is 1. The van der Waals surface area contributed by atoms with Gasteiger partial charge in [0.05, 0.1) is 13.2 Å². The first kappa shape index (κ1) is 16.2. The minimum absolute atomic E-state index is 0.355. The van der Waals surface area contributed by atoms with Crippen LogP contribution in [0.3, 0.4) is 0 Å². The first-order valence-electron chi connectivity index (χ1n) is 8.33. The smallest absolute Gasteiger partial charge is 0.214 e. The van der Waals surface area contributed by atoms with Crippen LogP contribution in [0.1, 0.15) is 0 Å². The molecule has 2 aliphatic rings. The average Bonchev–Trinajstić information content (AvgIpc) is 2.62. The summed E-state index contributed by atoms with van der Waals surface area (Å²) in [5, 5.41) is 3.40. The molecule has 1 unspecified atom stereocenters. The largest absolute Gasteiger partial charge is 0.378 e. The summed E-state index contributed by atoms with van der Waals surface area (Å²) in [5.74, 6) is 0. The second-order valence-electron chi connectivity index (χ2n) is 6.21. The number of ether oxygens (including phenoxy) is 1. The third-order valence-corrected chi connectivity index (χ3v) is 4.74. The van der Waals surface area contributed by atoms with Crippen molar-refractivity contribution in [2.75, 3.05) is 69.3 Å². The van der Waals surface area contributed by atoms with Crippen LogP contribution in [0.5, 0.6) is 0 Å². The number of nitrogens with zero attached hydrogens (tertiary/aromatic N) is 3. The zero-order chi connectivity index (χ0) is 16.1. The predicted octanol–water partition coefficient (Wildman–Crippen LogP) is 0.390. The van der Waals surface area contributed by atoms with Crippen molar-refractivity contribution < 1.29 is 9.53 Å². The molecule has 1 atom stereocenters. The Labute approximate surface area is 138 Å². The van der Waals surface area contributed by atoms with E-state index in [1.54, 1.807) is 4.90 Å². The summed E-state index contributed by atoms with van der Waals surface area (Å²) in [7, 11) is 2.12. The van der Waals surface area contributed by atoms with Gasteiger partial charge in [-0.15, -0.1) is 0 Å². The normalized spacial score (nSPS) is 22.8. The van der Waals surface area contributed by atoms with Gasteiger partial charge in [-0.05, 0) is 31.3 Å². The lowest BCUT2D eigenvalue weighted by atomic mass is 10.1. The summed E-state index contributed by atoms with van der Waals surface area (Å²) in [6, 6.07) is 8.62. The Hall–Kier alpha value is -1.63. The van der Waals surface area contributed by atoms with Crippen molar-refractivity contribution >= 4 is 17.8 Å². The molecule has 0 saturated carbocycles. The first-order valence-corrected chi connectivity index (χ1v) is 8.33. The zero-order valence-corrected chi connectivity index (χ0v) is 13.8. The van der Waals surface area contributed by atoms with E-state index < -0.39 is 0 Å². The molecule has 0 bridgehead atoms. The molecular formula is C17H26N4O2. The van der Waals surface area contributed by atoms with Crippen LogP contribution in [0.15, 0.2) is 24.3 Å². The third-order valence-electron chi connectivity index (χ3n) is 4.74. The minimum Gasteiger partial charge on any atom is -0.378 e. The monoisotopic (exact) mass is 318 g/mol. The second kappa shape index (κ2) is 7.77.